The third-order valence-corrected chi connectivity index (χ3v) is 5.01. The van der Waals surface area contributed by atoms with Crippen LogP contribution in [0.5, 0.6) is 0 Å². The monoisotopic (exact) mass is 320 g/mol. The Labute approximate surface area is 133 Å². The molecule has 0 aromatic carbocycles. The molecule has 118 valence electrons. The number of rotatable bonds is 4. The van der Waals surface area contributed by atoms with Crippen molar-refractivity contribution in [2.75, 3.05) is 6.61 Å². The molecule has 1 aliphatic heterocycles. The first-order chi connectivity index (χ1) is 10.5. The van der Waals surface area contributed by atoms with Gasteiger partial charge in [-0.3, -0.25) is 4.79 Å². The molecule has 1 fully saturated rings. The minimum Gasteiger partial charge on any atom is -0.459 e. The van der Waals surface area contributed by atoms with E-state index in [1.807, 2.05) is 32.9 Å². The molecule has 0 bridgehead atoms. The van der Waals surface area contributed by atoms with E-state index in [2.05, 4.69) is 10.3 Å². The minimum atomic E-state index is -0.0903. The van der Waals surface area contributed by atoms with Crippen LogP contribution < -0.4 is 5.32 Å². The number of carbonyl (C=O) groups excluding carboxylic acids is 1. The average Bonchev–Trinajstić information content (AvgIpc) is 3.18. The van der Waals surface area contributed by atoms with Gasteiger partial charge >= 0.3 is 0 Å². The van der Waals surface area contributed by atoms with Crippen LogP contribution in [0.25, 0.3) is 10.8 Å². The molecule has 0 radical (unpaired) electrons. The van der Waals surface area contributed by atoms with E-state index in [9.17, 15) is 4.79 Å². The maximum atomic E-state index is 12.5. The molecule has 3 heterocycles. The molecule has 0 aliphatic carbocycles. The van der Waals surface area contributed by atoms with Crippen LogP contribution in [0, 0.1) is 13.8 Å². The third kappa shape index (κ3) is 3.08. The second-order valence-corrected chi connectivity index (χ2v) is 6.66. The molecule has 6 heteroatoms. The van der Waals surface area contributed by atoms with Crippen molar-refractivity contribution in [1.82, 2.24) is 10.3 Å². The molecule has 2 aromatic rings. The molecular weight excluding hydrogens is 300 g/mol. The van der Waals surface area contributed by atoms with Crippen molar-refractivity contribution in [1.29, 1.82) is 0 Å². The quantitative estimate of drug-likeness (QED) is 0.938. The lowest BCUT2D eigenvalue weighted by Crippen LogP contribution is -2.40. The predicted octanol–water partition coefficient (Wildman–Crippen LogP) is 3.32. The van der Waals surface area contributed by atoms with Gasteiger partial charge in [-0.1, -0.05) is 0 Å². The molecule has 1 amide bonds. The summed E-state index contributed by atoms with van der Waals surface area (Å²) in [5.74, 6) is 1.45. The molecule has 3 rings (SSSR count). The van der Waals surface area contributed by atoms with Crippen molar-refractivity contribution in [2.45, 2.75) is 45.8 Å². The minimum absolute atomic E-state index is 0.00538. The second-order valence-electron chi connectivity index (χ2n) is 5.66. The summed E-state index contributed by atoms with van der Waals surface area (Å²) in [5, 5.41) is 3.76. The molecule has 0 spiro atoms. The number of hydrogen-bond donors (Lipinski definition) is 1. The van der Waals surface area contributed by atoms with E-state index < -0.39 is 0 Å². The molecule has 2 aromatic heterocycles. The number of furan rings is 1. The molecule has 0 saturated carbocycles. The lowest BCUT2D eigenvalue weighted by molar-refractivity contribution is 0.0714. The Kier molecular flexibility index (Phi) is 4.31. The Hall–Kier alpha value is -1.66. The summed E-state index contributed by atoms with van der Waals surface area (Å²) in [6.07, 6.45) is 2.18. The third-order valence-electron chi connectivity index (χ3n) is 3.84. The van der Waals surface area contributed by atoms with Crippen LogP contribution >= 0.6 is 11.3 Å². The molecule has 1 N–H and O–H groups in total. The van der Waals surface area contributed by atoms with Crippen molar-refractivity contribution in [3.8, 4) is 10.8 Å². The summed E-state index contributed by atoms with van der Waals surface area (Å²) >= 11 is 1.36. The number of ether oxygens (including phenoxy) is 1. The van der Waals surface area contributed by atoms with Gasteiger partial charge in [-0.15, -0.1) is 11.3 Å². The highest BCUT2D eigenvalue weighted by Gasteiger charge is 2.25. The highest BCUT2D eigenvalue weighted by atomic mass is 32.1. The van der Waals surface area contributed by atoms with Gasteiger partial charge in [0, 0.05) is 6.61 Å². The first-order valence-corrected chi connectivity index (χ1v) is 8.33. The summed E-state index contributed by atoms with van der Waals surface area (Å²) in [5.41, 5.74) is 0.728. The fourth-order valence-electron chi connectivity index (χ4n) is 2.62. The number of carbonyl (C=O) groups is 1. The van der Waals surface area contributed by atoms with Crippen LogP contribution in [-0.2, 0) is 4.74 Å². The van der Waals surface area contributed by atoms with Crippen molar-refractivity contribution >= 4 is 17.2 Å². The maximum Gasteiger partial charge on any atom is 0.263 e. The fourth-order valence-corrected chi connectivity index (χ4v) is 3.56. The normalized spacial score (nSPS) is 19.3. The Bertz CT molecular complexity index is 671. The number of nitrogens with zero attached hydrogens (tertiary/aromatic N) is 1. The van der Waals surface area contributed by atoms with E-state index in [1.54, 1.807) is 0 Å². The van der Waals surface area contributed by atoms with Gasteiger partial charge in [0.15, 0.2) is 10.8 Å². The van der Waals surface area contributed by atoms with Gasteiger partial charge in [0.05, 0.1) is 17.8 Å². The van der Waals surface area contributed by atoms with Gasteiger partial charge in [0.1, 0.15) is 10.6 Å². The molecule has 5 nitrogen and oxygen atoms in total. The summed E-state index contributed by atoms with van der Waals surface area (Å²) < 4.78 is 11.2. The average molecular weight is 320 g/mol. The zero-order chi connectivity index (χ0) is 15.7. The van der Waals surface area contributed by atoms with Crippen LogP contribution in [0.4, 0.5) is 0 Å². The van der Waals surface area contributed by atoms with Crippen molar-refractivity contribution in [3.63, 3.8) is 0 Å². The number of hydrogen-bond acceptors (Lipinski definition) is 5. The van der Waals surface area contributed by atoms with Gasteiger partial charge in [-0.05, 0) is 45.7 Å². The Morgan fingerprint density at radius 1 is 1.45 bits per heavy atom. The molecule has 1 aliphatic rings. The van der Waals surface area contributed by atoms with Crippen LogP contribution in [-0.4, -0.2) is 29.6 Å². The molecular formula is C16H20N2O3S. The maximum absolute atomic E-state index is 12.5. The lowest BCUT2D eigenvalue weighted by atomic mass is 10.1. The molecule has 22 heavy (non-hydrogen) atoms. The number of amides is 1. The first kappa shape index (κ1) is 15.2. The van der Waals surface area contributed by atoms with Gasteiger partial charge in [0.25, 0.3) is 5.91 Å². The SMILES string of the molecule is Cc1ccc(-c2nc(C)c(C(=O)N[C@H](C)[C@@H]3CCCO3)s2)o1. The standard InChI is InChI=1S/C16H20N2O3S/c1-9-6-7-13(21-9)16-18-11(3)14(22-16)15(19)17-10(2)12-5-4-8-20-12/h6-7,10,12H,4-5,8H2,1-3H3,(H,17,19)/t10-,12+/m1/s1. The first-order valence-electron chi connectivity index (χ1n) is 7.51. The number of thiazole rings is 1. The van der Waals surface area contributed by atoms with Crippen molar-refractivity contribution in [2.24, 2.45) is 0 Å². The van der Waals surface area contributed by atoms with E-state index in [4.69, 9.17) is 9.15 Å². The Morgan fingerprint density at radius 2 is 2.27 bits per heavy atom. The van der Waals surface area contributed by atoms with Gasteiger partial charge in [-0.2, -0.15) is 0 Å². The summed E-state index contributed by atoms with van der Waals surface area (Å²) in [4.78, 5) is 17.5. The lowest BCUT2D eigenvalue weighted by Gasteiger charge is -2.19. The van der Waals surface area contributed by atoms with Gasteiger partial charge < -0.3 is 14.5 Å². The second kappa shape index (κ2) is 6.22. The number of aryl methyl sites for hydroxylation is 2. The van der Waals surface area contributed by atoms with Crippen LogP contribution in [0.1, 0.15) is 40.9 Å². The zero-order valence-corrected chi connectivity index (χ0v) is 13.8. The fraction of sp³-hybridized carbons (Fsp3) is 0.500. The molecule has 2 atom stereocenters. The van der Waals surface area contributed by atoms with E-state index in [0.29, 0.717) is 10.6 Å². The topological polar surface area (TPSA) is 64.4 Å². The van der Waals surface area contributed by atoms with Gasteiger partial charge in [-0.25, -0.2) is 4.98 Å². The summed E-state index contributed by atoms with van der Waals surface area (Å²) in [6, 6.07) is 3.78. The number of aromatic nitrogens is 1. The summed E-state index contributed by atoms with van der Waals surface area (Å²) in [7, 11) is 0. The highest BCUT2D eigenvalue weighted by Crippen LogP contribution is 2.29. The van der Waals surface area contributed by atoms with E-state index in [1.165, 1.54) is 11.3 Å². The molecule has 1 saturated heterocycles. The highest BCUT2D eigenvalue weighted by molar-refractivity contribution is 7.17. The Balaban J connectivity index is 1.73. The van der Waals surface area contributed by atoms with E-state index >= 15 is 0 Å². The zero-order valence-electron chi connectivity index (χ0n) is 13.0. The van der Waals surface area contributed by atoms with Crippen molar-refractivity contribution < 1.29 is 13.9 Å². The molecule has 0 unspecified atom stereocenters. The van der Waals surface area contributed by atoms with Crippen molar-refractivity contribution in [3.05, 3.63) is 28.5 Å². The number of nitrogens with one attached hydrogen (secondary N) is 1. The van der Waals surface area contributed by atoms with Gasteiger partial charge in [0.2, 0.25) is 0 Å². The van der Waals surface area contributed by atoms with E-state index in [0.717, 1.165) is 35.9 Å². The van der Waals surface area contributed by atoms with Crippen LogP contribution in [0.3, 0.4) is 0 Å². The van der Waals surface area contributed by atoms with Crippen LogP contribution in [0.15, 0.2) is 16.5 Å². The summed E-state index contributed by atoms with van der Waals surface area (Å²) in [6.45, 7) is 6.51. The van der Waals surface area contributed by atoms with E-state index in [-0.39, 0.29) is 18.1 Å². The largest absolute Gasteiger partial charge is 0.459 e. The van der Waals surface area contributed by atoms with Crippen LogP contribution in [0.2, 0.25) is 0 Å². The predicted molar refractivity (Wildman–Crippen MR) is 85.2 cm³/mol. The smallest absolute Gasteiger partial charge is 0.263 e. The Morgan fingerprint density at radius 3 is 2.91 bits per heavy atom.